The van der Waals surface area contributed by atoms with Crippen LogP contribution in [0.3, 0.4) is 0 Å². The Balaban J connectivity index is 1.30. The Labute approximate surface area is 172 Å². The van der Waals surface area contributed by atoms with E-state index in [0.29, 0.717) is 13.1 Å². The van der Waals surface area contributed by atoms with E-state index in [1.807, 2.05) is 23.2 Å². The van der Waals surface area contributed by atoms with Crippen LogP contribution < -0.4 is 10.2 Å². The lowest BCUT2D eigenvalue weighted by atomic mass is 10.1. The van der Waals surface area contributed by atoms with Crippen LogP contribution in [0.25, 0.3) is 0 Å². The minimum absolute atomic E-state index is 0.0417. The third-order valence-electron chi connectivity index (χ3n) is 6.38. The lowest BCUT2D eigenvalue weighted by molar-refractivity contribution is -0.141. The number of anilines is 1. The van der Waals surface area contributed by atoms with Gasteiger partial charge in [0.05, 0.1) is 12.7 Å². The van der Waals surface area contributed by atoms with Crippen molar-refractivity contribution >= 4 is 17.6 Å². The second kappa shape index (κ2) is 9.11. The lowest BCUT2D eigenvalue weighted by Crippen LogP contribution is -2.47. The average molecular weight is 401 g/mol. The van der Waals surface area contributed by atoms with Crippen LogP contribution in [0.2, 0.25) is 0 Å². The van der Waals surface area contributed by atoms with E-state index in [-0.39, 0.29) is 29.9 Å². The molecule has 2 amide bonds. The molecule has 1 saturated carbocycles. The number of amides is 2. The van der Waals surface area contributed by atoms with Crippen molar-refractivity contribution in [2.24, 2.45) is 5.92 Å². The van der Waals surface area contributed by atoms with Crippen molar-refractivity contribution in [1.82, 2.24) is 15.2 Å². The number of likely N-dealkylation sites (tertiary alicyclic amines) is 1. The summed E-state index contributed by atoms with van der Waals surface area (Å²) in [6, 6.07) is 3.70. The fraction of sp³-hybridized carbons (Fsp3) is 0.682. The van der Waals surface area contributed by atoms with Gasteiger partial charge < -0.3 is 19.9 Å². The molecule has 1 N–H and O–H groups in total. The summed E-state index contributed by atoms with van der Waals surface area (Å²) < 4.78 is 5.58. The first-order chi connectivity index (χ1) is 14.1. The zero-order chi connectivity index (χ0) is 20.2. The molecule has 29 heavy (non-hydrogen) atoms. The van der Waals surface area contributed by atoms with E-state index in [9.17, 15) is 9.59 Å². The smallest absolute Gasteiger partial charge is 0.243 e. The van der Waals surface area contributed by atoms with Crippen LogP contribution in [0.4, 0.5) is 5.82 Å². The van der Waals surface area contributed by atoms with Gasteiger partial charge in [0.2, 0.25) is 11.8 Å². The molecule has 0 bridgehead atoms. The maximum Gasteiger partial charge on any atom is 0.243 e. The third-order valence-corrected chi connectivity index (χ3v) is 6.38. The number of aromatic nitrogens is 1. The molecule has 4 rings (SSSR count). The zero-order valence-electron chi connectivity index (χ0n) is 17.3. The van der Waals surface area contributed by atoms with Crippen molar-refractivity contribution in [2.45, 2.75) is 64.1 Å². The average Bonchev–Trinajstić information content (AvgIpc) is 3.44. The Morgan fingerprint density at radius 1 is 1.17 bits per heavy atom. The predicted molar refractivity (Wildman–Crippen MR) is 110 cm³/mol. The molecular formula is C22H32N4O3. The van der Waals surface area contributed by atoms with Crippen molar-refractivity contribution in [1.29, 1.82) is 0 Å². The monoisotopic (exact) mass is 400 g/mol. The van der Waals surface area contributed by atoms with Crippen LogP contribution in [0.15, 0.2) is 18.3 Å². The number of nitrogens with zero attached hydrogens (tertiary/aromatic N) is 3. The fourth-order valence-corrected chi connectivity index (χ4v) is 4.75. The van der Waals surface area contributed by atoms with E-state index in [4.69, 9.17) is 4.74 Å². The minimum atomic E-state index is -0.315. The Hall–Kier alpha value is -2.15. The molecule has 1 aromatic heterocycles. The van der Waals surface area contributed by atoms with Gasteiger partial charge in [-0.3, -0.25) is 9.59 Å². The first-order valence-corrected chi connectivity index (χ1v) is 11.0. The highest BCUT2D eigenvalue weighted by Gasteiger charge is 2.37. The maximum absolute atomic E-state index is 12.8. The largest absolute Gasteiger partial charge is 0.375 e. The molecule has 3 fully saturated rings. The molecule has 0 spiro atoms. The fourth-order valence-electron chi connectivity index (χ4n) is 4.75. The number of carbonyl (C=O) groups is 2. The number of rotatable bonds is 5. The van der Waals surface area contributed by atoms with Gasteiger partial charge in [0.1, 0.15) is 11.9 Å². The van der Waals surface area contributed by atoms with Crippen LogP contribution in [0.5, 0.6) is 0 Å². The number of carbonyl (C=O) groups excluding carboxylic acids is 2. The van der Waals surface area contributed by atoms with Gasteiger partial charge in [-0.25, -0.2) is 4.98 Å². The van der Waals surface area contributed by atoms with Crippen LogP contribution in [-0.2, 0) is 20.9 Å². The highest BCUT2D eigenvalue weighted by molar-refractivity contribution is 5.89. The molecule has 2 atom stereocenters. The summed E-state index contributed by atoms with van der Waals surface area (Å²) in [6.07, 6.45) is 7.92. The molecular weight excluding hydrogens is 368 g/mol. The van der Waals surface area contributed by atoms with E-state index in [1.54, 1.807) is 0 Å². The first-order valence-electron chi connectivity index (χ1n) is 11.0. The number of hydrogen-bond acceptors (Lipinski definition) is 5. The van der Waals surface area contributed by atoms with E-state index >= 15 is 0 Å². The summed E-state index contributed by atoms with van der Waals surface area (Å²) in [7, 11) is 0. The van der Waals surface area contributed by atoms with E-state index in [0.717, 1.165) is 69.6 Å². The number of ether oxygens (including phenoxy) is 1. The predicted octanol–water partition coefficient (Wildman–Crippen LogP) is 2.10. The summed E-state index contributed by atoms with van der Waals surface area (Å²) in [5.74, 6) is 1.22. The lowest BCUT2D eigenvalue weighted by Gasteiger charge is -2.32. The van der Waals surface area contributed by atoms with Gasteiger partial charge in [-0.2, -0.15) is 0 Å². The van der Waals surface area contributed by atoms with Gasteiger partial charge in [-0.15, -0.1) is 0 Å². The highest BCUT2D eigenvalue weighted by Crippen LogP contribution is 2.29. The third kappa shape index (κ3) is 4.71. The van der Waals surface area contributed by atoms with Gasteiger partial charge in [0.15, 0.2) is 0 Å². The minimum Gasteiger partial charge on any atom is -0.375 e. The van der Waals surface area contributed by atoms with E-state index in [1.165, 1.54) is 0 Å². The normalized spacial score (nSPS) is 25.4. The molecule has 1 aliphatic carbocycles. The van der Waals surface area contributed by atoms with Crippen molar-refractivity contribution in [3.63, 3.8) is 0 Å². The van der Waals surface area contributed by atoms with Crippen LogP contribution in [0, 0.1) is 5.92 Å². The zero-order valence-corrected chi connectivity index (χ0v) is 17.3. The number of morpholine rings is 1. The van der Waals surface area contributed by atoms with Gasteiger partial charge in [-0.1, -0.05) is 18.9 Å². The molecule has 7 nitrogen and oxygen atoms in total. The quantitative estimate of drug-likeness (QED) is 0.819. The van der Waals surface area contributed by atoms with Crippen molar-refractivity contribution in [3.8, 4) is 0 Å². The van der Waals surface area contributed by atoms with Gasteiger partial charge in [-0.05, 0) is 44.2 Å². The van der Waals surface area contributed by atoms with Crippen LogP contribution in [0.1, 0.15) is 51.0 Å². The molecule has 158 valence electrons. The standard InChI is InChI=1S/C22H32N4O3/c1-16-15-25(11-12-29-16)20-9-8-17(13-23-20)14-24-21(27)19-7-4-10-26(19)22(28)18-5-2-3-6-18/h8-9,13,16,18-19H,2-7,10-12,14-15H2,1H3,(H,24,27). The summed E-state index contributed by atoms with van der Waals surface area (Å²) >= 11 is 0. The molecule has 0 aromatic carbocycles. The molecule has 2 aliphatic heterocycles. The molecule has 1 aromatic rings. The maximum atomic E-state index is 12.8. The van der Waals surface area contributed by atoms with E-state index in [2.05, 4.69) is 22.1 Å². The second-order valence-corrected chi connectivity index (χ2v) is 8.54. The summed E-state index contributed by atoms with van der Waals surface area (Å²) in [4.78, 5) is 34.1. The Kier molecular flexibility index (Phi) is 6.33. The Bertz CT molecular complexity index is 717. The van der Waals surface area contributed by atoms with Gasteiger partial charge >= 0.3 is 0 Å². The van der Waals surface area contributed by atoms with Gasteiger partial charge in [0.25, 0.3) is 0 Å². The first kappa shape index (κ1) is 20.1. The van der Waals surface area contributed by atoms with Gasteiger partial charge in [0, 0.05) is 38.3 Å². The second-order valence-electron chi connectivity index (χ2n) is 8.54. The molecule has 0 radical (unpaired) electrons. The molecule has 7 heteroatoms. The molecule has 2 saturated heterocycles. The van der Waals surface area contributed by atoms with E-state index < -0.39 is 0 Å². The number of nitrogens with one attached hydrogen (secondary N) is 1. The SMILES string of the molecule is CC1CN(c2ccc(CNC(=O)C3CCCN3C(=O)C3CCCC3)cn2)CCO1. The Morgan fingerprint density at radius 2 is 2.00 bits per heavy atom. The van der Waals surface area contributed by atoms with Crippen molar-refractivity contribution in [3.05, 3.63) is 23.9 Å². The number of pyridine rings is 1. The highest BCUT2D eigenvalue weighted by atomic mass is 16.5. The van der Waals surface area contributed by atoms with Crippen molar-refractivity contribution in [2.75, 3.05) is 31.1 Å². The summed E-state index contributed by atoms with van der Waals surface area (Å²) in [6.45, 7) is 5.63. The molecule has 2 unspecified atom stereocenters. The summed E-state index contributed by atoms with van der Waals surface area (Å²) in [5.41, 5.74) is 0.968. The van der Waals surface area contributed by atoms with Crippen LogP contribution in [-0.4, -0.2) is 60.1 Å². The molecule has 3 aliphatic rings. The molecule has 3 heterocycles. The van der Waals surface area contributed by atoms with Crippen molar-refractivity contribution < 1.29 is 14.3 Å². The number of hydrogen-bond donors (Lipinski definition) is 1. The topological polar surface area (TPSA) is 74.8 Å². The van der Waals surface area contributed by atoms with Crippen LogP contribution >= 0.6 is 0 Å². The Morgan fingerprint density at radius 3 is 2.72 bits per heavy atom. The summed E-state index contributed by atoms with van der Waals surface area (Å²) in [5, 5.41) is 3.02.